The van der Waals surface area contributed by atoms with Gasteiger partial charge in [-0.1, -0.05) is 6.07 Å². The molecule has 4 bridgehead atoms. The summed E-state index contributed by atoms with van der Waals surface area (Å²) in [4.78, 5) is 13.3. The first-order valence-corrected chi connectivity index (χ1v) is 8.94. The summed E-state index contributed by atoms with van der Waals surface area (Å²) >= 11 is 1.63. The number of thiophene rings is 1. The van der Waals surface area contributed by atoms with Crippen molar-refractivity contribution in [1.29, 1.82) is 0 Å². The van der Waals surface area contributed by atoms with Gasteiger partial charge >= 0.3 is 0 Å². The van der Waals surface area contributed by atoms with Gasteiger partial charge in [-0.25, -0.2) is 5.43 Å². The van der Waals surface area contributed by atoms with Crippen LogP contribution in [0.1, 0.15) is 49.8 Å². The van der Waals surface area contributed by atoms with Crippen molar-refractivity contribution in [2.45, 2.75) is 44.9 Å². The quantitative estimate of drug-likeness (QED) is 0.667. The van der Waals surface area contributed by atoms with Crippen molar-refractivity contribution >= 4 is 23.5 Å². The zero-order valence-corrected chi connectivity index (χ0v) is 13.1. The molecule has 21 heavy (non-hydrogen) atoms. The number of carbonyl (C=O) groups excluding carboxylic acids is 1. The summed E-state index contributed by atoms with van der Waals surface area (Å²) in [5.41, 5.74) is 3.04. The molecule has 1 N–H and O–H groups in total. The standard InChI is InChI=1S/C17H22N2OS/c20-16(19-18-11-15-2-1-3-21-15)10-17-7-12-4-13(8-17)6-14(5-12)9-17/h1-3,11-14H,4-10H2,(H,19,20)/b18-11-. The Kier molecular flexibility index (Phi) is 3.37. The Balaban J connectivity index is 1.36. The van der Waals surface area contributed by atoms with Crippen molar-refractivity contribution in [2.75, 3.05) is 0 Å². The Hall–Kier alpha value is -1.16. The minimum atomic E-state index is 0.102. The molecular weight excluding hydrogens is 280 g/mol. The van der Waals surface area contributed by atoms with Gasteiger partial charge in [-0.3, -0.25) is 4.79 Å². The van der Waals surface area contributed by atoms with Gasteiger partial charge in [-0.15, -0.1) is 11.3 Å². The fourth-order valence-corrected chi connectivity index (χ4v) is 6.00. The third-order valence-electron chi connectivity index (χ3n) is 5.62. The molecule has 4 aliphatic carbocycles. The number of hydrogen-bond donors (Lipinski definition) is 1. The Labute approximate surface area is 129 Å². The number of hydrogen-bond acceptors (Lipinski definition) is 3. The van der Waals surface area contributed by atoms with E-state index in [0.717, 1.165) is 22.6 Å². The Morgan fingerprint density at radius 1 is 1.29 bits per heavy atom. The Bertz CT molecular complexity index is 514. The van der Waals surface area contributed by atoms with Crippen LogP contribution >= 0.6 is 11.3 Å². The van der Waals surface area contributed by atoms with Gasteiger partial charge in [-0.05, 0) is 73.1 Å². The fraction of sp³-hybridized carbons (Fsp3) is 0.647. The second kappa shape index (κ2) is 5.24. The number of carbonyl (C=O) groups is 1. The third-order valence-corrected chi connectivity index (χ3v) is 6.43. The number of nitrogens with one attached hydrogen (secondary N) is 1. The highest BCUT2D eigenvalue weighted by Crippen LogP contribution is 2.61. The van der Waals surface area contributed by atoms with Gasteiger partial charge < -0.3 is 0 Å². The molecule has 4 aliphatic rings. The largest absolute Gasteiger partial charge is 0.273 e. The Morgan fingerprint density at radius 3 is 2.52 bits per heavy atom. The van der Waals surface area contributed by atoms with Crippen LogP contribution in [0, 0.1) is 23.2 Å². The molecule has 0 aliphatic heterocycles. The van der Waals surface area contributed by atoms with E-state index < -0.39 is 0 Å². The first kappa shape index (κ1) is 13.5. The summed E-state index contributed by atoms with van der Waals surface area (Å²) in [5.74, 6) is 2.81. The molecule has 1 heterocycles. The van der Waals surface area contributed by atoms with Crippen molar-refractivity contribution in [1.82, 2.24) is 5.43 Å². The molecule has 0 radical (unpaired) electrons. The second-order valence-electron chi connectivity index (χ2n) is 7.40. The summed E-state index contributed by atoms with van der Waals surface area (Å²) in [6.45, 7) is 0. The van der Waals surface area contributed by atoms with Gasteiger partial charge in [0.1, 0.15) is 0 Å². The van der Waals surface area contributed by atoms with E-state index in [1.54, 1.807) is 17.6 Å². The normalized spacial score (nSPS) is 37.2. The first-order valence-electron chi connectivity index (χ1n) is 8.06. The van der Waals surface area contributed by atoms with Crippen LogP contribution in [0.2, 0.25) is 0 Å². The fourth-order valence-electron chi connectivity index (χ4n) is 5.42. The first-order chi connectivity index (χ1) is 10.2. The predicted octanol–water partition coefficient (Wildman–Crippen LogP) is 3.80. The zero-order valence-electron chi connectivity index (χ0n) is 12.3. The molecule has 0 aromatic carbocycles. The molecule has 5 rings (SSSR count). The van der Waals surface area contributed by atoms with E-state index in [1.807, 2.05) is 17.5 Å². The summed E-state index contributed by atoms with van der Waals surface area (Å²) in [7, 11) is 0. The second-order valence-corrected chi connectivity index (χ2v) is 8.38. The molecule has 4 heteroatoms. The minimum absolute atomic E-state index is 0.102. The maximum atomic E-state index is 12.2. The van der Waals surface area contributed by atoms with Gasteiger partial charge in [0.2, 0.25) is 5.91 Å². The maximum absolute atomic E-state index is 12.2. The zero-order chi connectivity index (χ0) is 14.3. The van der Waals surface area contributed by atoms with E-state index in [-0.39, 0.29) is 5.91 Å². The van der Waals surface area contributed by atoms with Crippen LogP contribution in [0.4, 0.5) is 0 Å². The summed E-state index contributed by atoms with van der Waals surface area (Å²) in [6.07, 6.45) is 10.5. The van der Waals surface area contributed by atoms with Crippen LogP contribution < -0.4 is 5.43 Å². The molecule has 4 fully saturated rings. The third kappa shape index (κ3) is 2.78. The molecule has 112 valence electrons. The van der Waals surface area contributed by atoms with Crippen molar-refractivity contribution in [3.05, 3.63) is 22.4 Å². The smallest absolute Gasteiger partial charge is 0.240 e. The Morgan fingerprint density at radius 2 is 1.95 bits per heavy atom. The number of amides is 1. The molecular formula is C17H22N2OS. The average molecular weight is 302 g/mol. The van der Waals surface area contributed by atoms with Crippen LogP contribution in [0.25, 0.3) is 0 Å². The number of hydrazone groups is 1. The predicted molar refractivity (Wildman–Crippen MR) is 85.3 cm³/mol. The lowest BCUT2D eigenvalue weighted by atomic mass is 9.49. The number of rotatable bonds is 4. The summed E-state index contributed by atoms with van der Waals surface area (Å²) < 4.78 is 0. The lowest BCUT2D eigenvalue weighted by Crippen LogP contribution is -2.47. The molecule has 3 nitrogen and oxygen atoms in total. The molecule has 4 saturated carbocycles. The van der Waals surface area contributed by atoms with E-state index in [9.17, 15) is 4.79 Å². The van der Waals surface area contributed by atoms with Crippen LogP contribution in [0.3, 0.4) is 0 Å². The SMILES string of the molecule is O=C(CC12CC3CC(CC(C3)C1)C2)N/N=C\c1cccs1. The van der Waals surface area contributed by atoms with Crippen molar-refractivity contribution in [2.24, 2.45) is 28.3 Å². The van der Waals surface area contributed by atoms with Crippen LogP contribution in [0.5, 0.6) is 0 Å². The van der Waals surface area contributed by atoms with E-state index in [1.165, 1.54) is 38.5 Å². The molecule has 0 unspecified atom stereocenters. The highest BCUT2D eigenvalue weighted by atomic mass is 32.1. The molecule has 1 amide bonds. The van der Waals surface area contributed by atoms with Crippen molar-refractivity contribution < 1.29 is 4.79 Å². The van der Waals surface area contributed by atoms with E-state index >= 15 is 0 Å². The van der Waals surface area contributed by atoms with Gasteiger partial charge in [0.05, 0.1) is 6.21 Å². The molecule has 1 aromatic rings. The van der Waals surface area contributed by atoms with E-state index in [0.29, 0.717) is 11.8 Å². The van der Waals surface area contributed by atoms with Crippen LogP contribution in [-0.4, -0.2) is 12.1 Å². The lowest BCUT2D eigenvalue weighted by molar-refractivity contribution is -0.129. The summed E-state index contributed by atoms with van der Waals surface area (Å²) in [5, 5.41) is 6.11. The van der Waals surface area contributed by atoms with E-state index in [2.05, 4.69) is 10.5 Å². The molecule has 1 aromatic heterocycles. The van der Waals surface area contributed by atoms with Gasteiger partial charge in [0.25, 0.3) is 0 Å². The molecule has 0 spiro atoms. The number of nitrogens with zero attached hydrogens (tertiary/aromatic N) is 1. The highest BCUT2D eigenvalue weighted by Gasteiger charge is 2.51. The summed E-state index contributed by atoms with van der Waals surface area (Å²) in [6, 6.07) is 3.99. The maximum Gasteiger partial charge on any atom is 0.240 e. The topological polar surface area (TPSA) is 41.5 Å². The van der Waals surface area contributed by atoms with Crippen molar-refractivity contribution in [3.63, 3.8) is 0 Å². The minimum Gasteiger partial charge on any atom is -0.273 e. The lowest BCUT2D eigenvalue weighted by Gasteiger charge is -2.56. The van der Waals surface area contributed by atoms with Crippen molar-refractivity contribution in [3.8, 4) is 0 Å². The van der Waals surface area contributed by atoms with Crippen LogP contribution in [-0.2, 0) is 4.79 Å². The van der Waals surface area contributed by atoms with Gasteiger partial charge in [0, 0.05) is 11.3 Å². The van der Waals surface area contributed by atoms with E-state index in [4.69, 9.17) is 0 Å². The van der Waals surface area contributed by atoms with Crippen LogP contribution in [0.15, 0.2) is 22.6 Å². The average Bonchev–Trinajstić information content (AvgIpc) is 2.89. The molecule has 0 saturated heterocycles. The van der Waals surface area contributed by atoms with Gasteiger partial charge in [-0.2, -0.15) is 5.10 Å². The molecule has 0 atom stereocenters. The highest BCUT2D eigenvalue weighted by molar-refractivity contribution is 7.11. The monoisotopic (exact) mass is 302 g/mol. The van der Waals surface area contributed by atoms with Gasteiger partial charge in [0.15, 0.2) is 0 Å².